The van der Waals surface area contributed by atoms with Gasteiger partial charge in [0, 0.05) is 5.56 Å². The van der Waals surface area contributed by atoms with Crippen molar-refractivity contribution in [3.05, 3.63) is 22.9 Å². The lowest BCUT2D eigenvalue weighted by Gasteiger charge is -2.05. The molecule has 1 aliphatic rings. The van der Waals surface area contributed by atoms with E-state index in [1.807, 2.05) is 27.7 Å². The van der Waals surface area contributed by atoms with Gasteiger partial charge >= 0.3 is 0 Å². The molecule has 0 saturated carbocycles. The summed E-state index contributed by atoms with van der Waals surface area (Å²) in [5, 5.41) is 17.2. The Balaban J connectivity index is 1.96. The molecule has 0 saturated heterocycles. The van der Waals surface area contributed by atoms with Crippen molar-refractivity contribution in [3.63, 3.8) is 0 Å². The van der Waals surface area contributed by atoms with E-state index in [4.69, 9.17) is 5.73 Å². The molecule has 3 N–H and O–H groups in total. The first kappa shape index (κ1) is 13.4. The van der Waals surface area contributed by atoms with Crippen molar-refractivity contribution in [2.75, 3.05) is 5.43 Å². The number of hydrazone groups is 1. The summed E-state index contributed by atoms with van der Waals surface area (Å²) in [6.45, 7) is 7.87. The first-order valence-corrected chi connectivity index (χ1v) is 6.59. The van der Waals surface area contributed by atoms with Crippen LogP contribution in [0, 0.1) is 20.8 Å². The lowest BCUT2D eigenvalue weighted by Crippen LogP contribution is -2.15. The van der Waals surface area contributed by atoms with E-state index in [9.17, 15) is 0 Å². The molecule has 1 aliphatic heterocycles. The predicted octanol–water partition coefficient (Wildman–Crippen LogP) is 0.370. The van der Waals surface area contributed by atoms with Gasteiger partial charge in [0.15, 0.2) is 11.5 Å². The van der Waals surface area contributed by atoms with Gasteiger partial charge in [0.2, 0.25) is 5.82 Å². The zero-order chi connectivity index (χ0) is 15.1. The van der Waals surface area contributed by atoms with E-state index < -0.39 is 0 Å². The van der Waals surface area contributed by atoms with Gasteiger partial charge < -0.3 is 5.73 Å². The minimum Gasteiger partial charge on any atom is -0.312 e. The Bertz CT molecular complexity index is 762. The van der Waals surface area contributed by atoms with E-state index in [1.54, 1.807) is 4.68 Å². The molecule has 2 aromatic heterocycles. The van der Waals surface area contributed by atoms with E-state index in [-0.39, 0.29) is 6.67 Å². The van der Waals surface area contributed by atoms with Gasteiger partial charge in [-0.25, -0.2) is 9.67 Å². The fraction of sp³-hybridized carbons (Fsp3) is 0.417. The standard InChI is InChI=1S/C12H17N9/c1-6-7(2)17-20(5-13)11(6)16-15-10-8(3)18-21-12(10)14-9(4)19-21/h16H,5,13H2,1-4H3/b15-10-. The van der Waals surface area contributed by atoms with Crippen LogP contribution < -0.4 is 11.2 Å². The van der Waals surface area contributed by atoms with Crippen molar-refractivity contribution in [3.8, 4) is 0 Å². The molecule has 3 heterocycles. The van der Waals surface area contributed by atoms with Crippen LogP contribution in [-0.4, -0.2) is 36.1 Å². The molecule has 3 rings (SSSR count). The number of aryl methyl sites for hydroxylation is 2. The number of hydrogen-bond acceptors (Lipinski definition) is 7. The molecule has 0 spiro atoms. The van der Waals surface area contributed by atoms with E-state index in [2.05, 4.69) is 30.8 Å². The van der Waals surface area contributed by atoms with Crippen LogP contribution in [0.2, 0.25) is 0 Å². The van der Waals surface area contributed by atoms with Crippen LogP contribution in [0.5, 0.6) is 0 Å². The van der Waals surface area contributed by atoms with Crippen LogP contribution in [-0.2, 0) is 6.67 Å². The van der Waals surface area contributed by atoms with Crippen molar-refractivity contribution < 1.29 is 0 Å². The van der Waals surface area contributed by atoms with Crippen LogP contribution in [0.25, 0.3) is 0 Å². The largest absolute Gasteiger partial charge is 0.312 e. The van der Waals surface area contributed by atoms with E-state index >= 15 is 0 Å². The number of nitrogens with two attached hydrogens (primary N) is 1. The second-order valence-electron chi connectivity index (χ2n) is 4.87. The van der Waals surface area contributed by atoms with Crippen molar-refractivity contribution in [2.24, 2.45) is 15.9 Å². The van der Waals surface area contributed by atoms with Gasteiger partial charge in [-0.15, -0.1) is 9.89 Å². The van der Waals surface area contributed by atoms with Crippen LogP contribution in [0.3, 0.4) is 0 Å². The van der Waals surface area contributed by atoms with Crippen molar-refractivity contribution >= 4 is 17.2 Å². The number of nitrogens with one attached hydrogen (secondary N) is 1. The number of anilines is 1. The van der Waals surface area contributed by atoms with Gasteiger partial charge in [-0.2, -0.15) is 15.3 Å². The quantitative estimate of drug-likeness (QED) is 0.792. The maximum atomic E-state index is 5.69. The topological polar surface area (TPSA) is 111 Å². The third-order valence-electron chi connectivity index (χ3n) is 3.37. The number of hydrogen-bond donors (Lipinski definition) is 2. The summed E-state index contributed by atoms with van der Waals surface area (Å²) in [4.78, 5) is 5.81. The zero-order valence-corrected chi connectivity index (χ0v) is 12.4. The Morgan fingerprint density at radius 2 is 1.95 bits per heavy atom. The van der Waals surface area contributed by atoms with Gasteiger partial charge in [-0.05, 0) is 27.7 Å². The van der Waals surface area contributed by atoms with E-state index in [0.717, 1.165) is 22.8 Å². The number of aromatic nitrogens is 5. The van der Waals surface area contributed by atoms with Crippen molar-refractivity contribution in [1.29, 1.82) is 0 Å². The Morgan fingerprint density at radius 1 is 1.19 bits per heavy atom. The highest BCUT2D eigenvalue weighted by Crippen LogP contribution is 2.18. The minimum absolute atomic E-state index is 0.282. The highest BCUT2D eigenvalue weighted by Gasteiger charge is 2.24. The fourth-order valence-electron chi connectivity index (χ4n) is 2.16. The molecule has 2 aromatic rings. The summed E-state index contributed by atoms with van der Waals surface area (Å²) in [6.07, 6.45) is 0. The highest BCUT2D eigenvalue weighted by atomic mass is 15.6. The van der Waals surface area contributed by atoms with Crippen LogP contribution >= 0.6 is 0 Å². The highest BCUT2D eigenvalue weighted by molar-refractivity contribution is 6.48. The first-order valence-electron chi connectivity index (χ1n) is 6.59. The Hall–Kier alpha value is -2.55. The first-order chi connectivity index (χ1) is 10.0. The van der Waals surface area contributed by atoms with Crippen LogP contribution in [0.15, 0.2) is 10.2 Å². The second kappa shape index (κ2) is 4.77. The van der Waals surface area contributed by atoms with Crippen molar-refractivity contribution in [2.45, 2.75) is 34.4 Å². The average molecular weight is 287 g/mol. The fourth-order valence-corrected chi connectivity index (χ4v) is 2.16. The molecular weight excluding hydrogens is 270 g/mol. The third-order valence-corrected chi connectivity index (χ3v) is 3.37. The normalized spacial score (nSPS) is 15.5. The summed E-state index contributed by atoms with van der Waals surface area (Å²) >= 11 is 0. The van der Waals surface area contributed by atoms with Crippen LogP contribution in [0.4, 0.5) is 5.82 Å². The monoisotopic (exact) mass is 287 g/mol. The molecular formula is C12H17N9. The molecule has 0 fully saturated rings. The van der Waals surface area contributed by atoms with Gasteiger partial charge in [-0.3, -0.25) is 5.43 Å². The SMILES string of the molecule is CC1=Nn2nc(C)nc2/C1=N\Nc1c(C)c(C)nn1CN. The molecule has 110 valence electrons. The molecule has 0 radical (unpaired) electrons. The summed E-state index contributed by atoms with van der Waals surface area (Å²) in [7, 11) is 0. The van der Waals surface area contributed by atoms with Gasteiger partial charge in [0.1, 0.15) is 5.82 Å². The second-order valence-corrected chi connectivity index (χ2v) is 4.87. The molecule has 0 aliphatic carbocycles. The van der Waals surface area contributed by atoms with Gasteiger partial charge in [0.25, 0.3) is 0 Å². The summed E-state index contributed by atoms with van der Waals surface area (Å²) in [6, 6.07) is 0. The average Bonchev–Trinajstić information content (AvgIpc) is 3.01. The summed E-state index contributed by atoms with van der Waals surface area (Å²) < 4.78 is 1.67. The van der Waals surface area contributed by atoms with Crippen molar-refractivity contribution in [1.82, 2.24) is 24.7 Å². The zero-order valence-electron chi connectivity index (χ0n) is 12.4. The predicted molar refractivity (Wildman–Crippen MR) is 79.3 cm³/mol. The molecule has 0 bridgehead atoms. The van der Waals surface area contributed by atoms with E-state index in [1.165, 1.54) is 4.79 Å². The maximum Gasteiger partial charge on any atom is 0.205 e. The smallest absolute Gasteiger partial charge is 0.205 e. The van der Waals surface area contributed by atoms with Gasteiger partial charge in [-0.1, -0.05) is 0 Å². The molecule has 9 heteroatoms. The Labute approximate surface area is 121 Å². The Morgan fingerprint density at radius 3 is 2.67 bits per heavy atom. The number of rotatable bonds is 3. The number of nitrogens with zero attached hydrogens (tertiary/aromatic N) is 7. The lowest BCUT2D eigenvalue weighted by molar-refractivity contribution is 0.638. The molecule has 9 nitrogen and oxygen atoms in total. The third kappa shape index (κ3) is 2.11. The molecule has 0 unspecified atom stereocenters. The number of fused-ring (bicyclic) bond motifs is 1. The molecule has 0 atom stereocenters. The Kier molecular flexibility index (Phi) is 3.05. The van der Waals surface area contributed by atoms with Crippen LogP contribution in [0.1, 0.15) is 29.8 Å². The van der Waals surface area contributed by atoms with E-state index in [0.29, 0.717) is 17.4 Å². The maximum absolute atomic E-state index is 5.69. The molecule has 0 aromatic carbocycles. The minimum atomic E-state index is 0.282. The lowest BCUT2D eigenvalue weighted by atomic mass is 10.2. The van der Waals surface area contributed by atoms with Gasteiger partial charge in [0.05, 0.1) is 18.1 Å². The summed E-state index contributed by atoms with van der Waals surface area (Å²) in [5.74, 6) is 2.06. The molecule has 0 amide bonds. The molecule has 21 heavy (non-hydrogen) atoms. The summed E-state index contributed by atoms with van der Waals surface area (Å²) in [5.41, 5.74) is 12.1.